The van der Waals surface area contributed by atoms with Crippen molar-refractivity contribution in [3.8, 4) is 23.0 Å². The van der Waals surface area contributed by atoms with Gasteiger partial charge in [0, 0.05) is 118 Å². The lowest BCUT2D eigenvalue weighted by molar-refractivity contribution is -0.139. The molecule has 16 amide bonds. The zero-order valence-electron chi connectivity index (χ0n) is 82.7. The number of carbonyl (C=O) groups is 16. The monoisotopic (exact) mass is 1940 g/mol. The summed E-state index contributed by atoms with van der Waals surface area (Å²) in [6.07, 6.45) is 7.81. The molecule has 3 unspecified atom stereocenters. The second kappa shape index (κ2) is 47.8. The van der Waals surface area contributed by atoms with Crippen LogP contribution in [0.5, 0.6) is 23.0 Å². The molecule has 0 fully saturated rings. The summed E-state index contributed by atoms with van der Waals surface area (Å²) in [5.74, 6) is -6.65. The molecule has 40 nitrogen and oxygen atoms in total. The van der Waals surface area contributed by atoms with E-state index in [0.29, 0.717) is 54.6 Å². The van der Waals surface area contributed by atoms with Gasteiger partial charge in [0.25, 0.3) is 35.4 Å². The van der Waals surface area contributed by atoms with Crippen molar-refractivity contribution in [2.75, 3.05) is 80.7 Å². The number of aliphatic hydroxyl groups excluding tert-OH is 1. The van der Waals surface area contributed by atoms with E-state index in [1.165, 1.54) is 56.1 Å². The standard InChI is InChI=1S/C100H133N15O25/c1-58(2)86(106-78(116)33-37-98(11,12)139-45-39-97(9,10)108-80(118)35-41-110-82(120)29-30-83(110)121)90(126)103-63(8)89(125)105-67-27-23-65(24-28-67)57-138-96(132)115-72-52-77(75(134-17)50-70(72)93(129)113-54-61(6)48-73(113)94(115)130)136-44-20-18-19-43-135-76-51-71-69(49-74(76)133-16)92(128)112-53-60(5)47-68(112)55-114(71)95(131)137-56-64-21-25-66(26-22-64)104-88(124)62(7)102-91(127)87(59(3)4)107-79(117)34-38-99(13,14)140-46-40-100(15,101)109-81(119)36-42-111-84(122)31-32-85(111)123/h21-32,49-54,58-59,62-63,68,73,86-87,94,130H,18-20,33-48,55-57,101H2,1-17H3,(H,102,127)(H,103,126)(H,104,124)(H,105,125)(H,106,116)(H,107,117)(H,108,118)(H,109,119)/t62-,63-,68?,73-,86?,87-,94-,100?/m0/s1. The third-order valence-electron chi connectivity index (χ3n) is 24.6. The lowest BCUT2D eigenvalue weighted by Gasteiger charge is -2.31. The number of amides is 16. The molecule has 6 heterocycles. The number of aliphatic hydroxyl groups is 1. The number of hydrogen-bond donors (Lipinski definition) is 10. The number of imide groups is 2. The zero-order valence-corrected chi connectivity index (χ0v) is 82.7. The van der Waals surface area contributed by atoms with E-state index in [9.17, 15) is 81.8 Å². The second-order valence-electron chi connectivity index (χ2n) is 38.7. The normalized spacial score (nSPS) is 17.5. The molecule has 758 valence electrons. The number of nitrogens with two attached hydrogens (primary N) is 1. The maximum atomic E-state index is 14.5. The van der Waals surface area contributed by atoms with E-state index in [4.69, 9.17) is 43.6 Å². The minimum absolute atomic E-state index is 0.00634. The molecule has 11 N–H and O–H groups in total. The first-order valence-corrected chi connectivity index (χ1v) is 47.1. The Morgan fingerprint density at radius 3 is 1.36 bits per heavy atom. The molecule has 6 aliphatic rings. The van der Waals surface area contributed by atoms with Gasteiger partial charge in [-0.3, -0.25) is 81.8 Å². The Labute approximate surface area is 814 Å². The van der Waals surface area contributed by atoms with E-state index in [1.807, 2.05) is 34.6 Å². The summed E-state index contributed by atoms with van der Waals surface area (Å²) in [6, 6.07) is 13.5. The van der Waals surface area contributed by atoms with Gasteiger partial charge >= 0.3 is 12.2 Å². The van der Waals surface area contributed by atoms with Gasteiger partial charge in [-0.25, -0.2) is 14.5 Å². The molecular formula is C100H133N15O25. The molecule has 10 rings (SSSR count). The minimum Gasteiger partial charge on any atom is -0.493 e. The van der Waals surface area contributed by atoms with Crippen molar-refractivity contribution < 1.29 is 120 Å². The number of unbranched alkanes of at least 4 members (excludes halogenated alkanes) is 2. The quantitative estimate of drug-likeness (QED) is 0.0112. The van der Waals surface area contributed by atoms with Gasteiger partial charge in [0.1, 0.15) is 37.4 Å². The molecule has 0 aromatic heterocycles. The van der Waals surface area contributed by atoms with Crippen molar-refractivity contribution in [3.05, 3.63) is 143 Å². The van der Waals surface area contributed by atoms with Crippen LogP contribution in [0.25, 0.3) is 0 Å². The zero-order chi connectivity index (χ0) is 103. The van der Waals surface area contributed by atoms with Crippen molar-refractivity contribution in [1.29, 1.82) is 0 Å². The summed E-state index contributed by atoms with van der Waals surface area (Å²) in [5.41, 5.74) is 6.72. The molecule has 8 atom stereocenters. The first kappa shape index (κ1) is 108. The molecule has 0 saturated carbocycles. The van der Waals surface area contributed by atoms with Crippen LogP contribution in [0.4, 0.5) is 32.3 Å². The van der Waals surface area contributed by atoms with E-state index in [0.717, 1.165) is 50.2 Å². The second-order valence-corrected chi connectivity index (χ2v) is 38.7. The van der Waals surface area contributed by atoms with Crippen molar-refractivity contribution >= 4 is 118 Å². The van der Waals surface area contributed by atoms with Crippen molar-refractivity contribution in [2.24, 2.45) is 17.6 Å². The van der Waals surface area contributed by atoms with Gasteiger partial charge in [0.15, 0.2) is 29.2 Å². The SMILES string of the molecule is COc1cc2c(cc1OCCCCCOc1cc3c(cc1OC)C(=O)N1C=C(C)C[C@H]1[C@H](O)N3C(=O)OCc1ccc(NC(=O)[C@H](C)NC(=O)C(NC(=O)CCC(C)(C)OCCC(C)(C)NC(=O)CCN3C(=O)C=CC3=O)C(C)C)cc1)N(C(=O)OCc1ccc(NC(=O)[C@H](C)NC(=O)[C@@H](NC(=O)CCC(C)(C)OCCC(C)(N)NC(=O)CCN3C(=O)C=CC3=O)C(C)C)cc1)CC1CC(C)=CN1C2=O. The summed E-state index contributed by atoms with van der Waals surface area (Å²) in [4.78, 5) is 219. The molecule has 0 radical (unpaired) electrons. The number of carbonyl (C=O) groups excluding carboxylic acids is 16. The van der Waals surface area contributed by atoms with Crippen LogP contribution in [0.2, 0.25) is 0 Å². The summed E-state index contributed by atoms with van der Waals surface area (Å²) >= 11 is 0. The van der Waals surface area contributed by atoms with Gasteiger partial charge in [0.2, 0.25) is 47.3 Å². The van der Waals surface area contributed by atoms with Crippen LogP contribution in [-0.4, -0.2) is 245 Å². The number of ether oxygens (including phenoxy) is 8. The number of fused-ring (bicyclic) bond motifs is 4. The summed E-state index contributed by atoms with van der Waals surface area (Å²) < 4.78 is 48.2. The largest absolute Gasteiger partial charge is 0.493 e. The Bertz CT molecular complexity index is 5400. The lowest BCUT2D eigenvalue weighted by atomic mass is 9.98. The van der Waals surface area contributed by atoms with Crippen LogP contribution >= 0.6 is 0 Å². The summed E-state index contributed by atoms with van der Waals surface area (Å²) in [5, 5.41) is 34.3. The van der Waals surface area contributed by atoms with Gasteiger partial charge in [-0.15, -0.1) is 0 Å². The highest BCUT2D eigenvalue weighted by Gasteiger charge is 2.47. The predicted molar refractivity (Wildman–Crippen MR) is 514 cm³/mol. The molecule has 0 bridgehead atoms. The van der Waals surface area contributed by atoms with E-state index in [1.54, 1.807) is 127 Å². The van der Waals surface area contributed by atoms with Crippen LogP contribution < -0.4 is 77.0 Å². The fourth-order valence-electron chi connectivity index (χ4n) is 16.3. The Morgan fingerprint density at radius 2 is 0.893 bits per heavy atom. The molecule has 0 spiro atoms. The Hall–Kier alpha value is -13.6. The maximum absolute atomic E-state index is 14.5. The number of nitrogens with one attached hydrogen (secondary N) is 8. The van der Waals surface area contributed by atoms with E-state index in [-0.39, 0.29) is 180 Å². The predicted octanol–water partition coefficient (Wildman–Crippen LogP) is 8.62. The first-order chi connectivity index (χ1) is 66.0. The van der Waals surface area contributed by atoms with Crippen LogP contribution in [-0.2, 0) is 89.7 Å². The Kier molecular flexibility index (Phi) is 37.1. The number of rotatable bonds is 48. The molecule has 4 aromatic carbocycles. The first-order valence-electron chi connectivity index (χ1n) is 47.1. The van der Waals surface area contributed by atoms with Crippen molar-refractivity contribution in [2.45, 2.75) is 265 Å². The van der Waals surface area contributed by atoms with Crippen LogP contribution in [0.15, 0.2) is 121 Å². The fourth-order valence-corrected chi connectivity index (χ4v) is 16.3. The molecule has 4 aromatic rings. The molecular weight excluding hydrogens is 1810 g/mol. The van der Waals surface area contributed by atoms with Crippen LogP contribution in [0, 0.1) is 11.8 Å². The number of hydrogen-bond acceptors (Lipinski definition) is 26. The topological polar surface area (TPSA) is 509 Å². The highest BCUT2D eigenvalue weighted by Crippen LogP contribution is 2.44. The van der Waals surface area contributed by atoms with Gasteiger partial charge in [-0.2, -0.15) is 0 Å². The molecule has 40 heteroatoms. The molecule has 0 saturated heterocycles. The van der Waals surface area contributed by atoms with Crippen molar-refractivity contribution in [1.82, 2.24) is 51.5 Å². The smallest absolute Gasteiger partial charge is 0.416 e. The number of benzene rings is 4. The van der Waals surface area contributed by atoms with Gasteiger partial charge in [0.05, 0.1) is 92.0 Å². The Balaban J connectivity index is 0.671. The highest BCUT2D eigenvalue weighted by molar-refractivity contribution is 6.14. The average molecular weight is 1950 g/mol. The van der Waals surface area contributed by atoms with Gasteiger partial charge in [-0.05, 0) is 187 Å². The third-order valence-corrected chi connectivity index (χ3v) is 24.6. The Morgan fingerprint density at radius 1 is 0.471 bits per heavy atom. The van der Waals surface area contributed by atoms with Crippen LogP contribution in [0.1, 0.15) is 219 Å². The molecule has 0 aliphatic carbocycles. The maximum Gasteiger partial charge on any atom is 0.416 e. The average Bonchev–Trinajstić information content (AvgIpc) is 1.60. The fraction of sp³-hybridized carbons (Fsp3) is 0.520. The van der Waals surface area contributed by atoms with Gasteiger partial charge < -0.3 is 101 Å². The molecule has 140 heavy (non-hydrogen) atoms. The number of methoxy groups -OCH3 is 2. The lowest BCUT2D eigenvalue weighted by Crippen LogP contribution is -2.54. The van der Waals surface area contributed by atoms with Crippen LogP contribution in [0.3, 0.4) is 0 Å². The van der Waals surface area contributed by atoms with Crippen molar-refractivity contribution in [3.63, 3.8) is 0 Å². The molecule has 6 aliphatic heterocycles. The number of nitrogens with zero attached hydrogens (tertiary/aromatic N) is 6. The van der Waals surface area contributed by atoms with E-state index >= 15 is 0 Å². The highest BCUT2D eigenvalue weighted by atomic mass is 16.6. The van der Waals surface area contributed by atoms with E-state index in [2.05, 4.69) is 42.5 Å². The van der Waals surface area contributed by atoms with Gasteiger partial charge in [-0.1, -0.05) is 63.1 Å². The van der Waals surface area contributed by atoms with E-state index < -0.39 is 148 Å². The number of anilines is 4. The third kappa shape index (κ3) is 29.7. The minimum atomic E-state index is -1.60. The summed E-state index contributed by atoms with van der Waals surface area (Å²) in [7, 11) is 2.84. The summed E-state index contributed by atoms with van der Waals surface area (Å²) in [6.45, 7) is 26.2.